The molecule has 1 aromatic heterocycles. The number of rotatable bonds is 2. The first-order valence-electron chi connectivity index (χ1n) is 5.04. The third kappa shape index (κ3) is 2.04. The van der Waals surface area contributed by atoms with Crippen LogP contribution in [0.1, 0.15) is 5.56 Å². The summed E-state index contributed by atoms with van der Waals surface area (Å²) in [5.74, 6) is 0.302. The van der Waals surface area contributed by atoms with E-state index < -0.39 is 0 Å². The van der Waals surface area contributed by atoms with Gasteiger partial charge in [-0.25, -0.2) is 14.4 Å². The summed E-state index contributed by atoms with van der Waals surface area (Å²) in [5.41, 5.74) is 7.34. The number of nitrogens with two attached hydrogens (primary N) is 1. The average Bonchev–Trinajstić information content (AvgIpc) is 2.32. The number of ether oxygens (including phenoxy) is 1. The van der Waals surface area contributed by atoms with E-state index in [4.69, 9.17) is 10.5 Å². The van der Waals surface area contributed by atoms with E-state index in [1.807, 2.05) is 0 Å². The number of nitrogens with zero attached hydrogens (tertiary/aromatic N) is 2. The van der Waals surface area contributed by atoms with Crippen LogP contribution in [-0.2, 0) is 0 Å². The summed E-state index contributed by atoms with van der Waals surface area (Å²) in [4.78, 5) is 7.89. The van der Waals surface area contributed by atoms with Crippen molar-refractivity contribution in [2.24, 2.45) is 0 Å². The third-order valence-electron chi connectivity index (χ3n) is 2.48. The van der Waals surface area contributed by atoms with Gasteiger partial charge >= 0.3 is 0 Å². The molecule has 0 aliphatic heterocycles. The highest BCUT2D eigenvalue weighted by Gasteiger charge is 2.12. The van der Waals surface area contributed by atoms with Crippen molar-refractivity contribution in [2.75, 3.05) is 12.8 Å². The number of aromatic nitrogens is 2. The topological polar surface area (TPSA) is 61.0 Å². The Morgan fingerprint density at radius 3 is 2.71 bits per heavy atom. The fourth-order valence-electron chi connectivity index (χ4n) is 1.53. The van der Waals surface area contributed by atoms with Crippen molar-refractivity contribution in [3.05, 3.63) is 35.9 Å². The predicted octanol–water partition coefficient (Wildman–Crippen LogP) is 2.18. The molecule has 0 bridgehead atoms. The fraction of sp³-hybridized carbons (Fsp3) is 0.167. The molecule has 0 fully saturated rings. The fourth-order valence-corrected chi connectivity index (χ4v) is 1.53. The van der Waals surface area contributed by atoms with E-state index in [2.05, 4.69) is 9.97 Å². The highest BCUT2D eigenvalue weighted by Crippen LogP contribution is 2.31. The van der Waals surface area contributed by atoms with Gasteiger partial charge in [0.2, 0.25) is 0 Å². The Labute approximate surface area is 98.3 Å². The molecule has 0 amide bonds. The van der Waals surface area contributed by atoms with Gasteiger partial charge in [0, 0.05) is 5.56 Å². The van der Waals surface area contributed by atoms with Gasteiger partial charge in [0.15, 0.2) is 11.6 Å². The molecule has 0 radical (unpaired) electrons. The average molecular weight is 233 g/mol. The first-order valence-corrected chi connectivity index (χ1v) is 5.04. The zero-order chi connectivity index (χ0) is 12.4. The smallest absolute Gasteiger partial charge is 0.187 e. The van der Waals surface area contributed by atoms with Crippen molar-refractivity contribution in [1.29, 1.82) is 0 Å². The Bertz CT molecular complexity index is 557. The minimum Gasteiger partial charge on any atom is -0.491 e. The summed E-state index contributed by atoms with van der Waals surface area (Å²) in [6.07, 6.45) is 1.32. The third-order valence-corrected chi connectivity index (χ3v) is 2.48. The maximum atomic E-state index is 13.5. The quantitative estimate of drug-likeness (QED) is 0.863. The number of benzene rings is 1. The lowest BCUT2D eigenvalue weighted by Gasteiger charge is -2.09. The molecule has 0 unspecified atom stereocenters. The summed E-state index contributed by atoms with van der Waals surface area (Å²) in [5, 5.41) is 0. The van der Waals surface area contributed by atoms with Gasteiger partial charge < -0.3 is 10.5 Å². The van der Waals surface area contributed by atoms with Gasteiger partial charge in [-0.2, -0.15) is 0 Å². The van der Waals surface area contributed by atoms with Crippen LogP contribution in [0.15, 0.2) is 24.5 Å². The number of aryl methyl sites for hydroxylation is 1. The minimum atomic E-state index is -0.290. The monoisotopic (exact) mass is 233 g/mol. The van der Waals surface area contributed by atoms with Gasteiger partial charge in [-0.15, -0.1) is 0 Å². The molecule has 0 saturated heterocycles. The summed E-state index contributed by atoms with van der Waals surface area (Å²) in [6, 6.07) is 4.85. The number of halogens is 1. The Morgan fingerprint density at radius 2 is 2.06 bits per heavy atom. The van der Waals surface area contributed by atoms with E-state index in [0.29, 0.717) is 22.6 Å². The lowest BCUT2D eigenvalue weighted by Crippen LogP contribution is -2.00. The molecule has 5 heteroatoms. The maximum absolute atomic E-state index is 13.5. The molecular formula is C12H12FN3O. The lowest BCUT2D eigenvalue weighted by atomic mass is 10.1. The summed E-state index contributed by atoms with van der Waals surface area (Å²) < 4.78 is 18.6. The largest absolute Gasteiger partial charge is 0.491 e. The second-order valence-corrected chi connectivity index (χ2v) is 3.60. The van der Waals surface area contributed by atoms with E-state index in [-0.39, 0.29) is 11.6 Å². The van der Waals surface area contributed by atoms with E-state index in [1.54, 1.807) is 19.1 Å². The molecule has 0 spiro atoms. The second kappa shape index (κ2) is 4.37. The standard InChI is InChI=1S/C12H12FN3O/c1-7-3-4-8(5-9(7)13)10-11(17-2)12(14)16-6-15-10/h3-6H,1-2H3,(H2,14,15,16). The number of hydrogen-bond donors (Lipinski definition) is 1. The molecule has 4 nitrogen and oxygen atoms in total. The minimum absolute atomic E-state index is 0.235. The van der Waals surface area contributed by atoms with Crippen LogP contribution in [0.25, 0.3) is 11.3 Å². The number of hydrogen-bond acceptors (Lipinski definition) is 4. The Kier molecular flexibility index (Phi) is 2.91. The second-order valence-electron chi connectivity index (χ2n) is 3.60. The molecule has 0 aliphatic rings. The molecule has 1 aromatic carbocycles. The maximum Gasteiger partial charge on any atom is 0.187 e. The SMILES string of the molecule is COc1c(N)ncnc1-c1ccc(C)c(F)c1. The predicted molar refractivity (Wildman–Crippen MR) is 63.1 cm³/mol. The summed E-state index contributed by atoms with van der Waals surface area (Å²) in [6.45, 7) is 1.70. The van der Waals surface area contributed by atoms with Crippen molar-refractivity contribution in [2.45, 2.75) is 6.92 Å². The van der Waals surface area contributed by atoms with Crippen molar-refractivity contribution < 1.29 is 9.13 Å². The number of methoxy groups -OCH3 is 1. The van der Waals surface area contributed by atoms with Gasteiger partial charge in [-0.1, -0.05) is 12.1 Å². The van der Waals surface area contributed by atoms with Gasteiger partial charge in [-0.05, 0) is 18.6 Å². The molecule has 17 heavy (non-hydrogen) atoms. The van der Waals surface area contributed by atoms with Crippen molar-refractivity contribution in [3.63, 3.8) is 0 Å². The first-order chi connectivity index (χ1) is 8.13. The molecule has 0 aliphatic carbocycles. The molecule has 2 aromatic rings. The van der Waals surface area contributed by atoms with Crippen LogP contribution in [0.2, 0.25) is 0 Å². The normalized spacial score (nSPS) is 10.3. The van der Waals surface area contributed by atoms with Gasteiger partial charge in [0.1, 0.15) is 17.8 Å². The lowest BCUT2D eigenvalue weighted by molar-refractivity contribution is 0.415. The Balaban J connectivity index is 2.60. The van der Waals surface area contributed by atoms with E-state index in [0.717, 1.165) is 0 Å². The highest BCUT2D eigenvalue weighted by atomic mass is 19.1. The van der Waals surface area contributed by atoms with Gasteiger partial charge in [-0.3, -0.25) is 0 Å². The van der Waals surface area contributed by atoms with Crippen LogP contribution in [0.5, 0.6) is 5.75 Å². The first kappa shape index (κ1) is 11.3. The van der Waals surface area contributed by atoms with Crippen LogP contribution < -0.4 is 10.5 Å². The van der Waals surface area contributed by atoms with E-state index >= 15 is 0 Å². The van der Waals surface area contributed by atoms with Crippen LogP contribution >= 0.6 is 0 Å². The van der Waals surface area contributed by atoms with Gasteiger partial charge in [0.25, 0.3) is 0 Å². The zero-order valence-electron chi connectivity index (χ0n) is 9.57. The zero-order valence-corrected chi connectivity index (χ0v) is 9.57. The van der Waals surface area contributed by atoms with Crippen LogP contribution in [0.3, 0.4) is 0 Å². The van der Waals surface area contributed by atoms with Crippen LogP contribution in [0, 0.1) is 12.7 Å². The van der Waals surface area contributed by atoms with Crippen LogP contribution in [0.4, 0.5) is 10.2 Å². The molecule has 0 saturated carbocycles. The molecule has 2 rings (SSSR count). The Hall–Kier alpha value is -2.17. The van der Waals surface area contributed by atoms with Crippen LogP contribution in [-0.4, -0.2) is 17.1 Å². The molecule has 88 valence electrons. The van der Waals surface area contributed by atoms with Crippen molar-refractivity contribution in [1.82, 2.24) is 9.97 Å². The van der Waals surface area contributed by atoms with E-state index in [1.165, 1.54) is 19.5 Å². The molecule has 2 N–H and O–H groups in total. The highest BCUT2D eigenvalue weighted by molar-refractivity contribution is 5.71. The Morgan fingerprint density at radius 1 is 1.29 bits per heavy atom. The summed E-state index contributed by atoms with van der Waals surface area (Å²) in [7, 11) is 1.48. The molecule has 0 atom stereocenters. The number of nitrogen functional groups attached to an aromatic ring is 1. The molecular weight excluding hydrogens is 221 g/mol. The summed E-state index contributed by atoms with van der Waals surface area (Å²) >= 11 is 0. The van der Waals surface area contributed by atoms with E-state index in [9.17, 15) is 4.39 Å². The van der Waals surface area contributed by atoms with Crippen molar-refractivity contribution >= 4 is 5.82 Å². The van der Waals surface area contributed by atoms with Gasteiger partial charge in [0.05, 0.1) is 7.11 Å². The molecule has 1 heterocycles. The van der Waals surface area contributed by atoms with Crippen molar-refractivity contribution in [3.8, 4) is 17.0 Å². The number of anilines is 1.